The number of nitrogens with two attached hydrogens (primary N) is 1. The number of carbonyl (C=O) groups is 1. The van der Waals surface area contributed by atoms with Crippen LogP contribution in [0, 0.1) is 6.92 Å². The molecule has 1 heterocycles. The molecule has 0 bridgehead atoms. The lowest BCUT2D eigenvalue weighted by molar-refractivity contribution is -0.124. The molecule has 2 unspecified atom stereocenters. The summed E-state index contributed by atoms with van der Waals surface area (Å²) in [6, 6.07) is 6.63. The molecule has 0 aromatic heterocycles. The smallest absolute Gasteiger partial charge is 0.241 e. The van der Waals surface area contributed by atoms with Crippen molar-refractivity contribution in [1.82, 2.24) is 5.32 Å². The van der Waals surface area contributed by atoms with Gasteiger partial charge in [-0.15, -0.1) is 0 Å². The van der Waals surface area contributed by atoms with Crippen LogP contribution in [0.5, 0.6) is 0 Å². The number of amides is 1. The average molecular weight is 296 g/mol. The van der Waals surface area contributed by atoms with Crippen molar-refractivity contribution in [3.63, 3.8) is 0 Å². The van der Waals surface area contributed by atoms with E-state index >= 15 is 0 Å². The molecule has 3 N–H and O–H groups in total. The molecule has 110 valence electrons. The van der Waals surface area contributed by atoms with Crippen molar-refractivity contribution in [2.24, 2.45) is 5.73 Å². The van der Waals surface area contributed by atoms with Gasteiger partial charge in [-0.2, -0.15) is 0 Å². The first-order valence-electron chi connectivity index (χ1n) is 6.55. The Labute approximate surface area is 119 Å². The second kappa shape index (κ2) is 5.18. The maximum Gasteiger partial charge on any atom is 0.241 e. The van der Waals surface area contributed by atoms with E-state index in [-0.39, 0.29) is 17.4 Å². The Balaban J connectivity index is 2.07. The van der Waals surface area contributed by atoms with Crippen molar-refractivity contribution in [2.45, 2.75) is 31.8 Å². The van der Waals surface area contributed by atoms with Crippen molar-refractivity contribution in [3.05, 3.63) is 35.4 Å². The second-order valence-corrected chi connectivity index (χ2v) is 7.96. The zero-order chi connectivity index (χ0) is 15.0. The van der Waals surface area contributed by atoms with Gasteiger partial charge >= 0.3 is 0 Å². The third-order valence-electron chi connectivity index (χ3n) is 3.65. The first-order chi connectivity index (χ1) is 9.21. The molecule has 0 radical (unpaired) electrons. The number of hydrogen-bond donors (Lipinski definition) is 2. The van der Waals surface area contributed by atoms with E-state index in [1.807, 2.05) is 31.2 Å². The summed E-state index contributed by atoms with van der Waals surface area (Å²) in [5, 5.41) is 2.78. The van der Waals surface area contributed by atoms with Gasteiger partial charge in [-0.05, 0) is 25.8 Å². The summed E-state index contributed by atoms with van der Waals surface area (Å²) in [6.07, 6.45) is 0.432. The van der Waals surface area contributed by atoms with Gasteiger partial charge in [0.05, 0.1) is 17.0 Å². The highest BCUT2D eigenvalue weighted by Crippen LogP contribution is 2.24. The summed E-state index contributed by atoms with van der Waals surface area (Å²) in [7, 11) is -3.05. The zero-order valence-electron chi connectivity index (χ0n) is 11.7. The van der Waals surface area contributed by atoms with E-state index < -0.39 is 21.4 Å². The van der Waals surface area contributed by atoms with Gasteiger partial charge in [-0.25, -0.2) is 8.42 Å². The fourth-order valence-electron chi connectivity index (χ4n) is 2.41. The van der Waals surface area contributed by atoms with E-state index in [4.69, 9.17) is 5.73 Å². The molecule has 1 aromatic rings. The predicted molar refractivity (Wildman–Crippen MR) is 77.9 cm³/mol. The zero-order valence-corrected chi connectivity index (χ0v) is 12.5. The van der Waals surface area contributed by atoms with Crippen LogP contribution in [-0.2, 0) is 14.6 Å². The molecule has 5 nitrogen and oxygen atoms in total. The minimum absolute atomic E-state index is 0.0215. The summed E-state index contributed by atoms with van der Waals surface area (Å²) in [4.78, 5) is 12.2. The van der Waals surface area contributed by atoms with Crippen LogP contribution in [0.3, 0.4) is 0 Å². The molecule has 1 saturated heterocycles. The van der Waals surface area contributed by atoms with Crippen LogP contribution in [0.15, 0.2) is 24.3 Å². The van der Waals surface area contributed by atoms with Crippen LogP contribution >= 0.6 is 0 Å². The number of aryl methyl sites for hydroxylation is 1. The topological polar surface area (TPSA) is 89.3 Å². The Morgan fingerprint density at radius 3 is 2.45 bits per heavy atom. The lowest BCUT2D eigenvalue weighted by Gasteiger charge is -2.26. The maximum atomic E-state index is 12.2. The lowest BCUT2D eigenvalue weighted by Crippen LogP contribution is -2.50. The number of rotatable bonds is 3. The van der Waals surface area contributed by atoms with Crippen LogP contribution in [0.2, 0.25) is 0 Å². The Kier molecular flexibility index (Phi) is 3.88. The molecule has 0 saturated carbocycles. The molecule has 2 rings (SSSR count). The molecular weight excluding hydrogens is 276 g/mol. The third-order valence-corrected chi connectivity index (χ3v) is 5.55. The highest BCUT2D eigenvalue weighted by atomic mass is 32.2. The standard InChI is InChI=1S/C14H20N2O3S/c1-10-3-5-11(6-4-10)12(15)13(17)16-14(2)7-8-20(18,19)9-14/h3-6,12H,7-9,15H2,1-2H3,(H,16,17). The molecule has 0 spiro atoms. The first-order valence-corrected chi connectivity index (χ1v) is 8.38. The quantitative estimate of drug-likeness (QED) is 0.858. The number of nitrogens with one attached hydrogen (secondary N) is 1. The van der Waals surface area contributed by atoms with Gasteiger partial charge in [0, 0.05) is 0 Å². The Hall–Kier alpha value is -1.40. The molecule has 2 atom stereocenters. The van der Waals surface area contributed by atoms with Crippen LogP contribution < -0.4 is 11.1 Å². The molecule has 20 heavy (non-hydrogen) atoms. The highest BCUT2D eigenvalue weighted by molar-refractivity contribution is 7.91. The third kappa shape index (κ3) is 3.37. The largest absolute Gasteiger partial charge is 0.348 e. The molecule has 6 heteroatoms. The van der Waals surface area contributed by atoms with E-state index in [9.17, 15) is 13.2 Å². The minimum atomic E-state index is -3.05. The molecule has 1 fully saturated rings. The first kappa shape index (κ1) is 15.0. The van der Waals surface area contributed by atoms with Gasteiger partial charge in [0.25, 0.3) is 0 Å². The number of benzene rings is 1. The van der Waals surface area contributed by atoms with Crippen molar-refractivity contribution < 1.29 is 13.2 Å². The number of hydrogen-bond acceptors (Lipinski definition) is 4. The van der Waals surface area contributed by atoms with Crippen LogP contribution in [0.1, 0.15) is 30.5 Å². The Morgan fingerprint density at radius 2 is 1.95 bits per heavy atom. The lowest BCUT2D eigenvalue weighted by atomic mass is 9.99. The van der Waals surface area contributed by atoms with Crippen LogP contribution in [-0.4, -0.2) is 31.4 Å². The van der Waals surface area contributed by atoms with E-state index in [1.165, 1.54) is 0 Å². The van der Waals surface area contributed by atoms with Crippen molar-refractivity contribution in [3.8, 4) is 0 Å². The summed E-state index contributed by atoms with van der Waals surface area (Å²) in [6.45, 7) is 3.71. The van der Waals surface area contributed by atoms with Gasteiger partial charge in [0.15, 0.2) is 9.84 Å². The monoisotopic (exact) mass is 296 g/mol. The van der Waals surface area contributed by atoms with Gasteiger partial charge < -0.3 is 11.1 Å². The summed E-state index contributed by atoms with van der Waals surface area (Å²) < 4.78 is 23.0. The molecule has 1 aliphatic heterocycles. The molecular formula is C14H20N2O3S. The molecule has 1 aliphatic rings. The normalized spacial score (nSPS) is 26.1. The van der Waals surface area contributed by atoms with Crippen molar-refractivity contribution in [2.75, 3.05) is 11.5 Å². The second-order valence-electron chi connectivity index (χ2n) is 5.78. The van der Waals surface area contributed by atoms with E-state index in [2.05, 4.69) is 5.32 Å². The number of carbonyl (C=O) groups excluding carboxylic acids is 1. The summed E-state index contributed by atoms with van der Waals surface area (Å²) >= 11 is 0. The van der Waals surface area contributed by atoms with Gasteiger partial charge in [-0.1, -0.05) is 29.8 Å². The SMILES string of the molecule is Cc1ccc(C(N)C(=O)NC2(C)CCS(=O)(=O)C2)cc1. The Morgan fingerprint density at radius 1 is 1.35 bits per heavy atom. The van der Waals surface area contributed by atoms with E-state index in [0.717, 1.165) is 11.1 Å². The molecule has 0 aliphatic carbocycles. The van der Waals surface area contributed by atoms with Crippen LogP contribution in [0.25, 0.3) is 0 Å². The fourth-order valence-corrected chi connectivity index (χ4v) is 4.50. The summed E-state index contributed by atoms with van der Waals surface area (Å²) in [5.74, 6) is -0.246. The van der Waals surface area contributed by atoms with E-state index in [1.54, 1.807) is 6.92 Å². The average Bonchev–Trinajstić information content (AvgIpc) is 2.63. The van der Waals surface area contributed by atoms with Gasteiger partial charge in [0.1, 0.15) is 6.04 Å². The minimum Gasteiger partial charge on any atom is -0.348 e. The van der Waals surface area contributed by atoms with Gasteiger partial charge in [-0.3, -0.25) is 4.79 Å². The predicted octanol–water partition coefficient (Wildman–Crippen LogP) is 0.688. The van der Waals surface area contributed by atoms with Crippen molar-refractivity contribution in [1.29, 1.82) is 0 Å². The summed E-state index contributed by atoms with van der Waals surface area (Å²) in [5.41, 5.74) is 7.03. The fraction of sp³-hybridized carbons (Fsp3) is 0.500. The molecule has 1 amide bonds. The Bertz CT molecular complexity index is 610. The van der Waals surface area contributed by atoms with E-state index in [0.29, 0.717) is 6.42 Å². The maximum absolute atomic E-state index is 12.2. The number of sulfone groups is 1. The molecule has 1 aromatic carbocycles. The highest BCUT2D eigenvalue weighted by Gasteiger charge is 2.40. The van der Waals surface area contributed by atoms with Gasteiger partial charge in [0.2, 0.25) is 5.91 Å². The van der Waals surface area contributed by atoms with Crippen molar-refractivity contribution >= 4 is 15.7 Å². The van der Waals surface area contributed by atoms with Crippen LogP contribution in [0.4, 0.5) is 0 Å².